The van der Waals surface area contributed by atoms with E-state index in [1.54, 1.807) is 37.5 Å². The zero-order chi connectivity index (χ0) is 22.8. The Morgan fingerprint density at radius 3 is 2.56 bits per heavy atom. The summed E-state index contributed by atoms with van der Waals surface area (Å²) in [6.45, 7) is 4.36. The molecule has 0 unspecified atom stereocenters. The van der Waals surface area contributed by atoms with E-state index in [-0.39, 0.29) is 5.91 Å². The molecule has 3 rings (SSSR count). The summed E-state index contributed by atoms with van der Waals surface area (Å²) in [5.74, 6) is 1.24. The van der Waals surface area contributed by atoms with Crippen molar-refractivity contribution >= 4 is 28.1 Å². The van der Waals surface area contributed by atoms with E-state index in [4.69, 9.17) is 14.2 Å². The Balaban J connectivity index is 1.68. The number of halogens is 1. The summed E-state index contributed by atoms with van der Waals surface area (Å²) in [7, 11) is 1.56. The fourth-order valence-electron chi connectivity index (χ4n) is 2.80. The van der Waals surface area contributed by atoms with Gasteiger partial charge < -0.3 is 14.2 Å². The topological polar surface area (TPSA) is 69.2 Å². The summed E-state index contributed by atoms with van der Waals surface area (Å²) >= 11 is 3.40. The van der Waals surface area contributed by atoms with Gasteiger partial charge >= 0.3 is 0 Å². The fraction of sp³-hybridized carbons (Fsp3) is 0.120. The molecule has 0 aliphatic rings. The van der Waals surface area contributed by atoms with Gasteiger partial charge in [-0.2, -0.15) is 5.10 Å². The molecule has 0 heterocycles. The summed E-state index contributed by atoms with van der Waals surface area (Å²) in [6.07, 6.45) is 3.18. The van der Waals surface area contributed by atoms with Gasteiger partial charge in [0.1, 0.15) is 19.0 Å². The first-order chi connectivity index (χ1) is 15.6. The van der Waals surface area contributed by atoms with E-state index >= 15 is 0 Å². The lowest BCUT2D eigenvalue weighted by atomic mass is 10.2. The number of benzene rings is 3. The highest BCUT2D eigenvalue weighted by Crippen LogP contribution is 2.27. The second kappa shape index (κ2) is 11.7. The minimum Gasteiger partial charge on any atom is -0.493 e. The molecule has 0 fully saturated rings. The lowest BCUT2D eigenvalue weighted by Crippen LogP contribution is -2.19. The maximum atomic E-state index is 12.7. The zero-order valence-corrected chi connectivity index (χ0v) is 19.2. The molecule has 0 aromatic heterocycles. The molecule has 0 atom stereocenters. The van der Waals surface area contributed by atoms with Crippen LogP contribution < -0.4 is 19.6 Å². The molecular formula is C25H23BrN2O4. The van der Waals surface area contributed by atoms with E-state index < -0.39 is 0 Å². The van der Waals surface area contributed by atoms with Crippen LogP contribution in [0.25, 0.3) is 0 Å². The van der Waals surface area contributed by atoms with Crippen molar-refractivity contribution < 1.29 is 19.0 Å². The molecule has 0 saturated carbocycles. The summed E-state index contributed by atoms with van der Waals surface area (Å²) in [4.78, 5) is 12.7. The number of carbonyl (C=O) groups is 1. The normalized spacial score (nSPS) is 10.6. The average molecular weight is 495 g/mol. The number of methoxy groups -OCH3 is 1. The summed E-state index contributed by atoms with van der Waals surface area (Å²) < 4.78 is 17.5. The number of ether oxygens (including phenoxy) is 3. The Bertz CT molecular complexity index is 1100. The van der Waals surface area contributed by atoms with E-state index in [0.717, 1.165) is 15.6 Å². The van der Waals surface area contributed by atoms with Gasteiger partial charge in [0.05, 0.1) is 18.9 Å². The Hall–Kier alpha value is -3.58. The molecule has 32 heavy (non-hydrogen) atoms. The molecule has 6 nitrogen and oxygen atoms in total. The number of rotatable bonds is 10. The largest absolute Gasteiger partial charge is 0.493 e. The van der Waals surface area contributed by atoms with E-state index in [2.05, 4.69) is 33.0 Å². The van der Waals surface area contributed by atoms with Crippen molar-refractivity contribution in [2.75, 3.05) is 13.7 Å². The van der Waals surface area contributed by atoms with Crippen molar-refractivity contribution in [2.45, 2.75) is 6.61 Å². The quantitative estimate of drug-likeness (QED) is 0.234. The van der Waals surface area contributed by atoms with Gasteiger partial charge in [-0.25, -0.2) is 5.43 Å². The molecule has 0 aliphatic carbocycles. The van der Waals surface area contributed by atoms with Crippen LogP contribution >= 0.6 is 15.9 Å². The first-order valence-electron chi connectivity index (χ1n) is 9.82. The number of amides is 1. The molecule has 3 aromatic rings. The van der Waals surface area contributed by atoms with Crippen LogP contribution in [0.3, 0.4) is 0 Å². The third-order valence-corrected chi connectivity index (χ3v) is 4.84. The van der Waals surface area contributed by atoms with Crippen LogP contribution in [-0.4, -0.2) is 25.8 Å². The molecule has 164 valence electrons. The highest BCUT2D eigenvalue weighted by molar-refractivity contribution is 9.10. The minimum atomic E-state index is -0.386. The SMILES string of the molecule is C=CCOc1ccc(C=NNC(=O)c2cc(Br)ccc2OCc2ccccc2)cc1OC. The smallest absolute Gasteiger partial charge is 0.275 e. The molecule has 0 aliphatic heterocycles. The monoisotopic (exact) mass is 494 g/mol. The van der Waals surface area contributed by atoms with Crippen molar-refractivity contribution in [3.05, 3.63) is 101 Å². The van der Waals surface area contributed by atoms with Crippen molar-refractivity contribution in [3.63, 3.8) is 0 Å². The Morgan fingerprint density at radius 1 is 1.03 bits per heavy atom. The molecule has 7 heteroatoms. The maximum Gasteiger partial charge on any atom is 0.275 e. The lowest BCUT2D eigenvalue weighted by Gasteiger charge is -2.11. The van der Waals surface area contributed by atoms with Crippen LogP contribution in [0.5, 0.6) is 17.2 Å². The van der Waals surface area contributed by atoms with Crippen LogP contribution in [-0.2, 0) is 6.61 Å². The molecule has 3 aromatic carbocycles. The van der Waals surface area contributed by atoms with Gasteiger partial charge in [-0.05, 0) is 47.5 Å². The molecule has 0 saturated heterocycles. The van der Waals surface area contributed by atoms with Crippen LogP contribution in [0.2, 0.25) is 0 Å². The Kier molecular flexibility index (Phi) is 8.45. The van der Waals surface area contributed by atoms with Crippen molar-refractivity contribution in [1.82, 2.24) is 5.43 Å². The molecule has 1 amide bonds. The highest BCUT2D eigenvalue weighted by atomic mass is 79.9. The summed E-state index contributed by atoms with van der Waals surface area (Å²) in [5.41, 5.74) is 4.66. The first-order valence-corrected chi connectivity index (χ1v) is 10.6. The third kappa shape index (κ3) is 6.46. The molecule has 0 spiro atoms. The average Bonchev–Trinajstić information content (AvgIpc) is 2.82. The summed E-state index contributed by atoms with van der Waals surface area (Å²) in [6, 6.07) is 20.4. The van der Waals surface area contributed by atoms with Gasteiger partial charge in [0, 0.05) is 4.47 Å². The van der Waals surface area contributed by atoms with Gasteiger partial charge in [-0.1, -0.05) is 58.9 Å². The molecular weight excluding hydrogens is 472 g/mol. The van der Waals surface area contributed by atoms with E-state index in [0.29, 0.717) is 36.0 Å². The highest BCUT2D eigenvalue weighted by Gasteiger charge is 2.13. The van der Waals surface area contributed by atoms with Crippen LogP contribution in [0.4, 0.5) is 0 Å². The predicted molar refractivity (Wildman–Crippen MR) is 129 cm³/mol. The molecule has 0 radical (unpaired) electrons. The first kappa shape index (κ1) is 23.1. The van der Waals surface area contributed by atoms with Crippen LogP contribution in [0.1, 0.15) is 21.5 Å². The maximum absolute atomic E-state index is 12.7. The number of nitrogens with zero attached hydrogens (tertiary/aromatic N) is 1. The molecule has 1 N–H and O–H groups in total. The predicted octanol–water partition coefficient (Wildman–Crippen LogP) is 5.37. The number of carbonyl (C=O) groups excluding carboxylic acids is 1. The number of hydrogen-bond donors (Lipinski definition) is 1. The summed E-state index contributed by atoms with van der Waals surface area (Å²) in [5, 5.41) is 4.07. The molecule has 0 bridgehead atoms. The zero-order valence-electron chi connectivity index (χ0n) is 17.6. The van der Waals surface area contributed by atoms with Crippen molar-refractivity contribution in [3.8, 4) is 17.2 Å². The number of nitrogens with one attached hydrogen (secondary N) is 1. The fourth-order valence-corrected chi connectivity index (χ4v) is 3.16. The van der Waals surface area contributed by atoms with E-state index in [1.807, 2.05) is 42.5 Å². The van der Waals surface area contributed by atoms with E-state index in [1.165, 1.54) is 6.21 Å². The van der Waals surface area contributed by atoms with Crippen LogP contribution in [0.15, 0.2) is 89.0 Å². The van der Waals surface area contributed by atoms with Crippen molar-refractivity contribution in [2.24, 2.45) is 5.10 Å². The van der Waals surface area contributed by atoms with Crippen LogP contribution in [0, 0.1) is 0 Å². The van der Waals surface area contributed by atoms with Gasteiger partial charge in [-0.15, -0.1) is 0 Å². The van der Waals surface area contributed by atoms with Gasteiger partial charge in [0.25, 0.3) is 5.91 Å². The second-order valence-electron chi connectivity index (χ2n) is 6.62. The van der Waals surface area contributed by atoms with Gasteiger partial charge in [-0.3, -0.25) is 4.79 Å². The van der Waals surface area contributed by atoms with Gasteiger partial charge in [0.2, 0.25) is 0 Å². The number of hydrazone groups is 1. The van der Waals surface area contributed by atoms with Gasteiger partial charge in [0.15, 0.2) is 11.5 Å². The van der Waals surface area contributed by atoms with E-state index in [9.17, 15) is 4.79 Å². The lowest BCUT2D eigenvalue weighted by molar-refractivity contribution is 0.0950. The third-order valence-electron chi connectivity index (χ3n) is 4.35. The minimum absolute atomic E-state index is 0.353. The second-order valence-corrected chi connectivity index (χ2v) is 7.54. The standard InChI is InChI=1S/C25H23BrN2O4/c1-3-13-31-23-11-9-19(14-24(23)30-2)16-27-28-25(29)21-15-20(26)10-12-22(21)32-17-18-7-5-4-6-8-18/h3-12,14-16H,1,13,17H2,2H3,(H,28,29). The number of hydrogen-bond acceptors (Lipinski definition) is 5. The Labute approximate surface area is 195 Å². The Morgan fingerprint density at radius 2 is 1.81 bits per heavy atom. The van der Waals surface area contributed by atoms with Crippen molar-refractivity contribution in [1.29, 1.82) is 0 Å².